The number of ether oxygens (including phenoxy) is 1. The molecule has 2 aromatic carbocycles. The van der Waals surface area contributed by atoms with Gasteiger partial charge >= 0.3 is 6.18 Å². The highest BCUT2D eigenvalue weighted by Crippen LogP contribution is 2.38. The molecule has 5 nitrogen and oxygen atoms in total. The Balaban J connectivity index is 1.80. The summed E-state index contributed by atoms with van der Waals surface area (Å²) in [6.07, 6.45) is -4.46. The smallest absolute Gasteiger partial charge is 0.416 e. The average molecular weight is 391 g/mol. The molecule has 0 aliphatic rings. The summed E-state index contributed by atoms with van der Waals surface area (Å²) in [5.74, 6) is 0.367. The van der Waals surface area contributed by atoms with E-state index >= 15 is 0 Å². The van der Waals surface area contributed by atoms with Crippen molar-refractivity contribution in [3.05, 3.63) is 71.5 Å². The van der Waals surface area contributed by atoms with E-state index in [4.69, 9.17) is 16.3 Å². The third-order valence-electron chi connectivity index (χ3n) is 3.81. The van der Waals surface area contributed by atoms with Crippen LogP contribution in [-0.4, -0.2) is 19.8 Å². The third-order valence-corrected chi connectivity index (χ3v) is 4.04. The second kappa shape index (κ2) is 6.55. The lowest BCUT2D eigenvalue weighted by Gasteiger charge is -2.14. The van der Waals surface area contributed by atoms with E-state index in [2.05, 4.69) is 15.3 Å². The van der Waals surface area contributed by atoms with E-state index < -0.39 is 11.7 Å². The number of benzene rings is 2. The van der Waals surface area contributed by atoms with Crippen molar-refractivity contribution >= 4 is 17.2 Å². The topological polar surface area (TPSA) is 52.3 Å². The molecule has 0 aliphatic carbocycles. The van der Waals surface area contributed by atoms with Gasteiger partial charge in [0.05, 0.1) is 5.56 Å². The number of alkyl halides is 3. The molecule has 136 valence electrons. The third kappa shape index (κ3) is 3.43. The van der Waals surface area contributed by atoms with Gasteiger partial charge in [0.25, 0.3) is 0 Å². The van der Waals surface area contributed by atoms with Crippen LogP contribution in [0, 0.1) is 0 Å². The molecule has 0 N–H and O–H groups in total. The normalized spacial score (nSPS) is 11.7. The van der Waals surface area contributed by atoms with E-state index in [1.807, 2.05) is 0 Å². The van der Waals surface area contributed by atoms with Gasteiger partial charge in [0, 0.05) is 11.6 Å². The monoisotopic (exact) mass is 390 g/mol. The van der Waals surface area contributed by atoms with E-state index in [1.54, 1.807) is 36.4 Å². The van der Waals surface area contributed by atoms with E-state index in [0.717, 1.165) is 12.1 Å². The fraction of sp³-hybridized carbons (Fsp3) is 0.0556. The molecule has 0 fully saturated rings. The predicted octanol–water partition coefficient (Wildman–Crippen LogP) is 5.26. The lowest BCUT2D eigenvalue weighted by Crippen LogP contribution is -2.05. The molecule has 27 heavy (non-hydrogen) atoms. The molecule has 2 heterocycles. The maximum Gasteiger partial charge on any atom is 0.416 e. The Labute approximate surface area is 156 Å². The first-order valence-electron chi connectivity index (χ1n) is 7.74. The highest BCUT2D eigenvalue weighted by Gasteiger charge is 2.31. The molecule has 4 aromatic rings. The number of fused-ring (bicyclic) bond motifs is 1. The summed E-state index contributed by atoms with van der Waals surface area (Å²) in [4.78, 5) is 0. The largest absolute Gasteiger partial charge is 0.437 e. The van der Waals surface area contributed by atoms with Gasteiger partial charge in [-0.25, -0.2) is 0 Å². The summed E-state index contributed by atoms with van der Waals surface area (Å²) < 4.78 is 46.4. The Bertz CT molecular complexity index is 1110. The van der Waals surface area contributed by atoms with Crippen molar-refractivity contribution in [3.8, 4) is 22.8 Å². The second-order valence-electron chi connectivity index (χ2n) is 5.59. The van der Waals surface area contributed by atoms with Crippen LogP contribution in [0.25, 0.3) is 16.8 Å². The number of halogens is 4. The summed E-state index contributed by atoms with van der Waals surface area (Å²) in [5.41, 5.74) is 0.534. The van der Waals surface area contributed by atoms with E-state index in [-0.39, 0.29) is 16.9 Å². The Hall–Kier alpha value is -3.13. The van der Waals surface area contributed by atoms with Crippen LogP contribution in [0.1, 0.15) is 5.56 Å². The van der Waals surface area contributed by atoms with Crippen LogP contribution in [0.2, 0.25) is 5.28 Å². The molecule has 0 atom stereocenters. The van der Waals surface area contributed by atoms with Gasteiger partial charge in [0.2, 0.25) is 11.2 Å². The minimum atomic E-state index is -4.46. The summed E-state index contributed by atoms with van der Waals surface area (Å²) in [6.45, 7) is 0. The molecule has 2 aromatic heterocycles. The Morgan fingerprint density at radius 3 is 2.44 bits per heavy atom. The molecular weight excluding hydrogens is 381 g/mol. The molecule has 0 bridgehead atoms. The molecule has 0 saturated carbocycles. The van der Waals surface area contributed by atoms with Gasteiger partial charge in [-0.2, -0.15) is 17.7 Å². The first-order chi connectivity index (χ1) is 12.9. The van der Waals surface area contributed by atoms with Gasteiger partial charge in [-0.05, 0) is 41.4 Å². The van der Waals surface area contributed by atoms with Gasteiger partial charge in [0.15, 0.2) is 5.65 Å². The van der Waals surface area contributed by atoms with Crippen molar-refractivity contribution in [1.29, 1.82) is 0 Å². The van der Waals surface area contributed by atoms with Gasteiger partial charge < -0.3 is 4.74 Å². The highest BCUT2D eigenvalue weighted by molar-refractivity contribution is 6.28. The molecule has 0 amide bonds. The van der Waals surface area contributed by atoms with Crippen molar-refractivity contribution in [1.82, 2.24) is 19.8 Å². The molecule has 0 unspecified atom stereocenters. The van der Waals surface area contributed by atoms with E-state index in [1.165, 1.54) is 16.6 Å². The maximum absolute atomic E-state index is 13.1. The van der Waals surface area contributed by atoms with Crippen molar-refractivity contribution in [2.24, 2.45) is 0 Å². The fourth-order valence-corrected chi connectivity index (χ4v) is 2.71. The second-order valence-corrected chi connectivity index (χ2v) is 5.93. The first-order valence-corrected chi connectivity index (χ1v) is 8.12. The van der Waals surface area contributed by atoms with Gasteiger partial charge in [-0.1, -0.05) is 30.3 Å². The standard InChI is InChI=1S/C18H10ClF3N4O/c19-17-24-23-15-8-9-16(25-26(15)17)27-14-7-6-12(18(20,21)22)10-13(14)11-4-2-1-3-5-11/h1-10H. The van der Waals surface area contributed by atoms with E-state index in [0.29, 0.717) is 16.8 Å². The average Bonchev–Trinajstić information content (AvgIpc) is 3.02. The van der Waals surface area contributed by atoms with Crippen molar-refractivity contribution in [2.75, 3.05) is 0 Å². The zero-order chi connectivity index (χ0) is 19.0. The fourth-order valence-electron chi connectivity index (χ4n) is 2.55. The lowest BCUT2D eigenvalue weighted by molar-refractivity contribution is -0.137. The van der Waals surface area contributed by atoms with Gasteiger partial charge in [-0.3, -0.25) is 0 Å². The lowest BCUT2D eigenvalue weighted by atomic mass is 10.0. The van der Waals surface area contributed by atoms with Crippen LogP contribution in [0.15, 0.2) is 60.7 Å². The number of rotatable bonds is 3. The molecular formula is C18H10ClF3N4O. The molecule has 0 saturated heterocycles. The first kappa shape index (κ1) is 17.3. The highest BCUT2D eigenvalue weighted by atomic mass is 35.5. The number of nitrogens with zero attached hydrogens (tertiary/aromatic N) is 4. The SMILES string of the molecule is FC(F)(F)c1ccc(Oc2ccc3nnc(Cl)n3n2)c(-c2ccccc2)c1. The number of aromatic nitrogens is 4. The van der Waals surface area contributed by atoms with Crippen molar-refractivity contribution in [3.63, 3.8) is 0 Å². The summed E-state index contributed by atoms with van der Waals surface area (Å²) in [7, 11) is 0. The Kier molecular flexibility index (Phi) is 4.19. The van der Waals surface area contributed by atoms with Gasteiger partial charge in [-0.15, -0.1) is 15.3 Å². The van der Waals surface area contributed by atoms with Gasteiger partial charge in [0.1, 0.15) is 5.75 Å². The van der Waals surface area contributed by atoms with E-state index in [9.17, 15) is 13.2 Å². The minimum Gasteiger partial charge on any atom is -0.437 e. The molecule has 0 aliphatic heterocycles. The van der Waals surface area contributed by atoms with Crippen LogP contribution < -0.4 is 4.74 Å². The zero-order valence-corrected chi connectivity index (χ0v) is 14.2. The van der Waals surface area contributed by atoms with Crippen molar-refractivity contribution < 1.29 is 17.9 Å². The summed E-state index contributed by atoms with van der Waals surface area (Å²) >= 11 is 5.89. The molecule has 0 radical (unpaired) electrons. The van der Waals surface area contributed by atoms with Crippen molar-refractivity contribution in [2.45, 2.75) is 6.18 Å². The summed E-state index contributed by atoms with van der Waals surface area (Å²) in [6, 6.07) is 15.1. The summed E-state index contributed by atoms with van der Waals surface area (Å²) in [5, 5.41) is 11.7. The maximum atomic E-state index is 13.1. The van der Waals surface area contributed by atoms with Crippen LogP contribution >= 0.6 is 11.6 Å². The molecule has 4 rings (SSSR count). The van der Waals surface area contributed by atoms with Crippen LogP contribution in [0.3, 0.4) is 0 Å². The Morgan fingerprint density at radius 1 is 0.926 bits per heavy atom. The number of hydrogen-bond donors (Lipinski definition) is 0. The molecule has 9 heteroatoms. The zero-order valence-electron chi connectivity index (χ0n) is 13.5. The Morgan fingerprint density at radius 2 is 1.70 bits per heavy atom. The number of hydrogen-bond acceptors (Lipinski definition) is 4. The quantitative estimate of drug-likeness (QED) is 0.479. The predicted molar refractivity (Wildman–Crippen MR) is 92.7 cm³/mol. The molecule has 0 spiro atoms. The van der Waals surface area contributed by atoms with Crippen LogP contribution in [-0.2, 0) is 6.18 Å². The van der Waals surface area contributed by atoms with Crippen LogP contribution in [0.4, 0.5) is 13.2 Å². The van der Waals surface area contributed by atoms with Crippen LogP contribution in [0.5, 0.6) is 11.6 Å². The minimum absolute atomic E-state index is 0.0474.